The van der Waals surface area contributed by atoms with Crippen molar-refractivity contribution in [2.75, 3.05) is 6.26 Å². The van der Waals surface area contributed by atoms with Crippen LogP contribution >= 0.6 is 23.1 Å². The van der Waals surface area contributed by atoms with Crippen molar-refractivity contribution in [3.05, 3.63) is 34.2 Å². The number of hydrogen-bond acceptors (Lipinski definition) is 4. The van der Waals surface area contributed by atoms with Gasteiger partial charge in [0.15, 0.2) is 11.3 Å². The molecule has 0 aliphatic carbocycles. The van der Waals surface area contributed by atoms with Crippen LogP contribution in [-0.4, -0.2) is 17.5 Å². The first-order chi connectivity index (χ1) is 7.74. The summed E-state index contributed by atoms with van der Waals surface area (Å²) in [5.41, 5.74) is 1.99. The van der Waals surface area contributed by atoms with Gasteiger partial charge >= 0.3 is 0 Å². The lowest BCUT2D eigenvalue weighted by Crippen LogP contribution is -1.82. The maximum atomic E-state index is 10.6. The molecule has 0 bridgehead atoms. The van der Waals surface area contributed by atoms with Gasteiger partial charge in [-0.15, -0.1) is 23.1 Å². The largest absolute Gasteiger partial charge is 0.295 e. The molecule has 0 saturated heterocycles. The Morgan fingerprint density at radius 2 is 2.00 bits per heavy atom. The van der Waals surface area contributed by atoms with Crippen LogP contribution in [-0.2, 0) is 0 Å². The molecule has 0 radical (unpaired) electrons. The molecule has 0 saturated carbocycles. The predicted molar refractivity (Wildman–Crippen MR) is 69.5 cm³/mol. The van der Waals surface area contributed by atoms with E-state index in [0.717, 1.165) is 22.4 Å². The van der Waals surface area contributed by atoms with Crippen molar-refractivity contribution in [2.45, 2.75) is 11.8 Å². The minimum absolute atomic E-state index is 0.543. The van der Waals surface area contributed by atoms with Crippen LogP contribution in [0.1, 0.15) is 14.7 Å². The van der Waals surface area contributed by atoms with E-state index in [9.17, 15) is 4.79 Å². The van der Waals surface area contributed by atoms with Gasteiger partial charge in [-0.1, -0.05) is 12.1 Å². The molecule has 0 aliphatic rings. The Kier molecular flexibility index (Phi) is 3.41. The fourth-order valence-corrected chi connectivity index (χ4v) is 2.65. The Hall–Kier alpha value is -1.13. The zero-order valence-corrected chi connectivity index (χ0v) is 10.7. The zero-order valence-electron chi connectivity index (χ0n) is 9.06. The Balaban J connectivity index is 2.41. The van der Waals surface area contributed by atoms with Crippen LogP contribution in [0.25, 0.3) is 11.3 Å². The molecule has 2 rings (SSSR count). The molecule has 0 aliphatic heterocycles. The van der Waals surface area contributed by atoms with Gasteiger partial charge in [-0.05, 0) is 25.3 Å². The van der Waals surface area contributed by atoms with Gasteiger partial charge in [-0.25, -0.2) is 4.98 Å². The molecule has 2 nitrogen and oxygen atoms in total. The van der Waals surface area contributed by atoms with Crippen molar-refractivity contribution in [1.82, 2.24) is 4.98 Å². The number of carbonyl (C=O) groups is 1. The van der Waals surface area contributed by atoms with Crippen molar-refractivity contribution in [3.8, 4) is 11.3 Å². The summed E-state index contributed by atoms with van der Waals surface area (Å²) in [6, 6.07) is 8.23. The molecule has 0 fully saturated rings. The lowest BCUT2D eigenvalue weighted by molar-refractivity contribution is 0.112. The monoisotopic (exact) mass is 249 g/mol. The summed E-state index contributed by atoms with van der Waals surface area (Å²) in [5, 5.41) is 0.543. The SMILES string of the molecule is CSc1ccc(-c2nc(C=O)sc2C)cc1. The van der Waals surface area contributed by atoms with Crippen LogP contribution in [0.3, 0.4) is 0 Å². The van der Waals surface area contributed by atoms with E-state index >= 15 is 0 Å². The van der Waals surface area contributed by atoms with Gasteiger partial charge in [-0.2, -0.15) is 0 Å². The molecular weight excluding hydrogens is 238 g/mol. The van der Waals surface area contributed by atoms with E-state index in [1.807, 2.05) is 25.3 Å². The first kappa shape index (κ1) is 11.4. The average Bonchev–Trinajstić information content (AvgIpc) is 2.71. The Labute approximate surface area is 103 Å². The van der Waals surface area contributed by atoms with Crippen molar-refractivity contribution in [3.63, 3.8) is 0 Å². The third kappa shape index (κ3) is 2.18. The van der Waals surface area contributed by atoms with Crippen LogP contribution in [0.15, 0.2) is 29.2 Å². The topological polar surface area (TPSA) is 30.0 Å². The number of rotatable bonds is 3. The molecule has 0 N–H and O–H groups in total. The highest BCUT2D eigenvalue weighted by Crippen LogP contribution is 2.28. The highest BCUT2D eigenvalue weighted by molar-refractivity contribution is 7.98. The van der Waals surface area contributed by atoms with Gasteiger partial charge in [0.2, 0.25) is 0 Å². The minimum Gasteiger partial charge on any atom is -0.295 e. The second-order valence-corrected chi connectivity index (χ2v) is 5.42. The average molecular weight is 249 g/mol. The molecule has 0 atom stereocenters. The number of aldehydes is 1. The van der Waals surface area contributed by atoms with Gasteiger partial charge in [0.05, 0.1) is 5.69 Å². The molecule has 2 aromatic rings. The van der Waals surface area contributed by atoms with E-state index in [1.54, 1.807) is 11.8 Å². The molecular formula is C12H11NOS2. The van der Waals surface area contributed by atoms with E-state index in [2.05, 4.69) is 17.1 Å². The normalized spacial score (nSPS) is 10.4. The number of thiazole rings is 1. The van der Waals surface area contributed by atoms with E-state index in [4.69, 9.17) is 0 Å². The maximum Gasteiger partial charge on any atom is 0.178 e. The quantitative estimate of drug-likeness (QED) is 0.614. The van der Waals surface area contributed by atoms with Gasteiger partial charge in [0.25, 0.3) is 0 Å². The second-order valence-electron chi connectivity index (χ2n) is 3.30. The van der Waals surface area contributed by atoms with Crippen LogP contribution in [0.4, 0.5) is 0 Å². The molecule has 0 amide bonds. The van der Waals surface area contributed by atoms with Gasteiger partial charge < -0.3 is 0 Å². The number of hydrogen-bond donors (Lipinski definition) is 0. The zero-order chi connectivity index (χ0) is 11.5. The smallest absolute Gasteiger partial charge is 0.178 e. The molecule has 1 heterocycles. The molecule has 82 valence electrons. The van der Waals surface area contributed by atoms with E-state index < -0.39 is 0 Å². The summed E-state index contributed by atoms with van der Waals surface area (Å²) in [4.78, 5) is 17.3. The summed E-state index contributed by atoms with van der Waals surface area (Å²) in [5.74, 6) is 0. The molecule has 1 aromatic heterocycles. The van der Waals surface area contributed by atoms with E-state index in [0.29, 0.717) is 5.01 Å². The van der Waals surface area contributed by atoms with Gasteiger partial charge in [0, 0.05) is 15.3 Å². The summed E-state index contributed by atoms with van der Waals surface area (Å²) in [6.07, 6.45) is 2.85. The highest BCUT2D eigenvalue weighted by atomic mass is 32.2. The van der Waals surface area contributed by atoms with Crippen LogP contribution in [0.2, 0.25) is 0 Å². The number of thioether (sulfide) groups is 1. The molecule has 0 spiro atoms. The maximum absolute atomic E-state index is 10.6. The summed E-state index contributed by atoms with van der Waals surface area (Å²) in [6.45, 7) is 1.99. The third-order valence-electron chi connectivity index (χ3n) is 2.28. The second kappa shape index (κ2) is 4.80. The van der Waals surface area contributed by atoms with Crippen molar-refractivity contribution >= 4 is 29.4 Å². The Bertz CT molecular complexity index is 502. The van der Waals surface area contributed by atoms with Crippen molar-refractivity contribution in [1.29, 1.82) is 0 Å². The predicted octanol–water partition coefficient (Wildman–Crippen LogP) is 3.65. The molecule has 0 unspecified atom stereocenters. The summed E-state index contributed by atoms with van der Waals surface area (Å²) >= 11 is 3.15. The molecule has 4 heteroatoms. The van der Waals surface area contributed by atoms with Gasteiger partial charge in [-0.3, -0.25) is 4.79 Å². The first-order valence-corrected chi connectivity index (χ1v) is 6.85. The highest BCUT2D eigenvalue weighted by Gasteiger charge is 2.08. The lowest BCUT2D eigenvalue weighted by Gasteiger charge is -2.00. The number of nitrogens with zero attached hydrogens (tertiary/aromatic N) is 1. The fraction of sp³-hybridized carbons (Fsp3) is 0.167. The van der Waals surface area contributed by atoms with E-state index in [-0.39, 0.29) is 0 Å². The fourth-order valence-electron chi connectivity index (χ4n) is 1.48. The Morgan fingerprint density at radius 1 is 1.31 bits per heavy atom. The lowest BCUT2D eigenvalue weighted by atomic mass is 10.1. The Morgan fingerprint density at radius 3 is 2.50 bits per heavy atom. The van der Waals surface area contributed by atoms with Crippen LogP contribution < -0.4 is 0 Å². The van der Waals surface area contributed by atoms with Gasteiger partial charge in [0.1, 0.15) is 0 Å². The summed E-state index contributed by atoms with van der Waals surface area (Å²) < 4.78 is 0. The summed E-state index contributed by atoms with van der Waals surface area (Å²) in [7, 11) is 0. The van der Waals surface area contributed by atoms with Crippen molar-refractivity contribution < 1.29 is 4.79 Å². The third-order valence-corrected chi connectivity index (χ3v) is 3.92. The van der Waals surface area contributed by atoms with Crippen LogP contribution in [0, 0.1) is 6.92 Å². The standard InChI is InChI=1S/C12H11NOS2/c1-8-12(13-11(7-14)16-8)9-3-5-10(15-2)6-4-9/h3-7H,1-2H3. The first-order valence-electron chi connectivity index (χ1n) is 4.81. The number of aromatic nitrogens is 1. The number of benzene rings is 1. The number of aryl methyl sites for hydroxylation is 1. The number of carbonyl (C=O) groups excluding carboxylic acids is 1. The minimum atomic E-state index is 0.543. The van der Waals surface area contributed by atoms with Crippen LogP contribution in [0.5, 0.6) is 0 Å². The molecule has 16 heavy (non-hydrogen) atoms. The van der Waals surface area contributed by atoms with E-state index in [1.165, 1.54) is 16.2 Å². The van der Waals surface area contributed by atoms with Crippen molar-refractivity contribution in [2.24, 2.45) is 0 Å². The molecule has 1 aromatic carbocycles.